The largest absolute Gasteiger partial charge is 0.466 e. The molecule has 31 heavy (non-hydrogen) atoms. The Morgan fingerprint density at radius 1 is 1.06 bits per heavy atom. The van der Waals surface area contributed by atoms with Crippen molar-refractivity contribution in [3.8, 4) is 0 Å². The van der Waals surface area contributed by atoms with E-state index in [-0.39, 0.29) is 12.0 Å². The number of allylic oxidation sites excluding steroid dienone is 5. The van der Waals surface area contributed by atoms with Crippen LogP contribution in [0.1, 0.15) is 66.7 Å². The molecule has 6 heteroatoms. The van der Waals surface area contributed by atoms with Crippen molar-refractivity contribution < 1.29 is 9.53 Å². The molecule has 4 nitrogen and oxygen atoms in total. The highest BCUT2D eigenvalue weighted by atomic mass is 32.2. The van der Waals surface area contributed by atoms with Crippen molar-refractivity contribution in [2.45, 2.75) is 72.8 Å². The van der Waals surface area contributed by atoms with Crippen molar-refractivity contribution >= 4 is 35.1 Å². The van der Waals surface area contributed by atoms with Crippen LogP contribution in [0.5, 0.6) is 0 Å². The summed E-state index contributed by atoms with van der Waals surface area (Å²) in [6.45, 7) is 15.3. The van der Waals surface area contributed by atoms with E-state index in [0.29, 0.717) is 24.7 Å². The number of rotatable bonds is 16. The van der Waals surface area contributed by atoms with Gasteiger partial charge in [-0.3, -0.25) is 4.79 Å². The van der Waals surface area contributed by atoms with Gasteiger partial charge in [0.1, 0.15) is 0 Å². The number of carbonyl (C=O) groups is 1. The fourth-order valence-corrected chi connectivity index (χ4v) is 3.90. The van der Waals surface area contributed by atoms with E-state index in [1.807, 2.05) is 17.8 Å². The van der Waals surface area contributed by atoms with Crippen LogP contribution in [0, 0.1) is 0 Å². The van der Waals surface area contributed by atoms with Crippen molar-refractivity contribution in [1.29, 1.82) is 0 Å². The van der Waals surface area contributed by atoms with Crippen LogP contribution in [0.2, 0.25) is 0 Å². The molecule has 0 radical (unpaired) electrons. The van der Waals surface area contributed by atoms with Gasteiger partial charge in [0.15, 0.2) is 5.11 Å². The van der Waals surface area contributed by atoms with E-state index in [0.717, 1.165) is 37.2 Å². The van der Waals surface area contributed by atoms with E-state index in [1.165, 1.54) is 16.7 Å². The SMILES string of the molecule is C=CC(CSC/C=C(\C)CC/C=C(\C)CCC=C(C)C)NC(=S)NCCC(=O)OCC. The molecule has 0 saturated carbocycles. The highest BCUT2D eigenvalue weighted by molar-refractivity contribution is 7.99. The van der Waals surface area contributed by atoms with Gasteiger partial charge in [0.05, 0.1) is 19.1 Å². The Balaban J connectivity index is 4.05. The molecule has 0 aromatic heterocycles. The van der Waals surface area contributed by atoms with Gasteiger partial charge < -0.3 is 15.4 Å². The van der Waals surface area contributed by atoms with Gasteiger partial charge in [-0.05, 0) is 72.5 Å². The fourth-order valence-electron chi connectivity index (χ4n) is 2.63. The Hall–Kier alpha value is -1.53. The second-order valence-corrected chi connectivity index (χ2v) is 9.28. The summed E-state index contributed by atoms with van der Waals surface area (Å²) in [6.07, 6.45) is 13.7. The topological polar surface area (TPSA) is 50.4 Å². The van der Waals surface area contributed by atoms with Gasteiger partial charge in [0.25, 0.3) is 0 Å². The van der Waals surface area contributed by atoms with Crippen LogP contribution in [0.15, 0.2) is 47.6 Å². The third-order valence-corrected chi connectivity index (χ3v) is 5.75. The summed E-state index contributed by atoms with van der Waals surface area (Å²) in [6, 6.07) is 0.0905. The lowest BCUT2D eigenvalue weighted by atomic mass is 10.1. The molecule has 0 bridgehead atoms. The molecule has 176 valence electrons. The first-order valence-electron chi connectivity index (χ1n) is 11.1. The van der Waals surface area contributed by atoms with Gasteiger partial charge in [0.2, 0.25) is 0 Å². The molecule has 0 fully saturated rings. The minimum absolute atomic E-state index is 0.0905. The lowest BCUT2D eigenvalue weighted by Crippen LogP contribution is -2.42. The average Bonchev–Trinajstić information content (AvgIpc) is 2.70. The molecule has 2 N–H and O–H groups in total. The number of hydrogen-bond donors (Lipinski definition) is 2. The molecule has 0 rings (SSSR count). The second-order valence-electron chi connectivity index (χ2n) is 7.79. The number of hydrogen-bond acceptors (Lipinski definition) is 4. The molecule has 0 aliphatic heterocycles. The number of thioether (sulfide) groups is 1. The highest BCUT2D eigenvalue weighted by Gasteiger charge is 2.07. The van der Waals surface area contributed by atoms with Gasteiger partial charge in [-0.15, -0.1) is 6.58 Å². The molecule has 0 amide bonds. The number of carbonyl (C=O) groups excluding carboxylic acids is 1. The Kier molecular flexibility index (Phi) is 18.2. The third kappa shape index (κ3) is 18.9. The van der Waals surface area contributed by atoms with E-state index in [9.17, 15) is 4.79 Å². The van der Waals surface area contributed by atoms with E-state index < -0.39 is 0 Å². The molecular formula is C25H42N2O2S2. The van der Waals surface area contributed by atoms with Gasteiger partial charge in [-0.1, -0.05) is 41.0 Å². The molecule has 0 aliphatic carbocycles. The molecular weight excluding hydrogens is 424 g/mol. The summed E-state index contributed by atoms with van der Waals surface area (Å²) < 4.78 is 4.90. The van der Waals surface area contributed by atoms with Crippen molar-refractivity contribution in [3.63, 3.8) is 0 Å². The van der Waals surface area contributed by atoms with Gasteiger partial charge in [-0.2, -0.15) is 11.8 Å². The Morgan fingerprint density at radius 2 is 1.71 bits per heavy atom. The standard InChI is InChI=1S/C25H42N2O2S2/c1-7-23(27-25(30)26-17-15-24(28)29-8-2)19-31-18-16-22(6)14-10-13-21(5)12-9-11-20(3)4/h7,11,13,16,23H,1,8-10,12,14-15,17-19H2,2-6H3,(H2,26,27,30)/b21-13+,22-16+. The van der Waals surface area contributed by atoms with Crippen LogP contribution in [-0.4, -0.2) is 41.8 Å². The first kappa shape index (κ1) is 29.5. The maximum Gasteiger partial charge on any atom is 0.307 e. The summed E-state index contributed by atoms with van der Waals surface area (Å²) >= 11 is 7.14. The zero-order valence-electron chi connectivity index (χ0n) is 20.1. The number of ether oxygens (including phenoxy) is 1. The van der Waals surface area contributed by atoms with Crippen LogP contribution < -0.4 is 10.6 Å². The van der Waals surface area contributed by atoms with Crippen LogP contribution >= 0.6 is 24.0 Å². The lowest BCUT2D eigenvalue weighted by Gasteiger charge is -2.17. The van der Waals surface area contributed by atoms with E-state index in [4.69, 9.17) is 17.0 Å². The molecule has 0 heterocycles. The van der Waals surface area contributed by atoms with Gasteiger partial charge in [0, 0.05) is 18.1 Å². The fraction of sp³-hybridized carbons (Fsp3) is 0.600. The predicted molar refractivity (Wildman–Crippen MR) is 142 cm³/mol. The maximum absolute atomic E-state index is 11.3. The van der Waals surface area contributed by atoms with E-state index in [2.05, 4.69) is 63.1 Å². The lowest BCUT2D eigenvalue weighted by molar-refractivity contribution is -0.142. The normalized spacial score (nSPS) is 12.7. The quantitative estimate of drug-likeness (QED) is 0.124. The summed E-state index contributed by atoms with van der Waals surface area (Å²) in [5, 5.41) is 6.80. The molecule has 0 aliphatic rings. The second kappa shape index (κ2) is 19.2. The summed E-state index contributed by atoms with van der Waals surface area (Å²) in [7, 11) is 0. The molecule has 1 unspecified atom stereocenters. The smallest absolute Gasteiger partial charge is 0.307 e. The van der Waals surface area contributed by atoms with Crippen molar-refractivity contribution in [2.24, 2.45) is 0 Å². The van der Waals surface area contributed by atoms with Crippen molar-refractivity contribution in [2.75, 3.05) is 24.7 Å². The molecule has 0 aromatic carbocycles. The Morgan fingerprint density at radius 3 is 2.32 bits per heavy atom. The zero-order chi connectivity index (χ0) is 23.5. The highest BCUT2D eigenvalue weighted by Crippen LogP contribution is 2.13. The number of thiocarbonyl (C=S) groups is 1. The summed E-state index contributed by atoms with van der Waals surface area (Å²) in [5.74, 6) is 1.64. The monoisotopic (exact) mass is 466 g/mol. The van der Waals surface area contributed by atoms with Crippen molar-refractivity contribution in [3.05, 3.63) is 47.6 Å². The van der Waals surface area contributed by atoms with Crippen LogP contribution in [-0.2, 0) is 9.53 Å². The summed E-state index contributed by atoms with van der Waals surface area (Å²) in [4.78, 5) is 11.3. The van der Waals surface area contributed by atoms with Crippen LogP contribution in [0.3, 0.4) is 0 Å². The van der Waals surface area contributed by atoms with E-state index in [1.54, 1.807) is 6.92 Å². The molecule has 1 atom stereocenters. The number of esters is 1. The van der Waals surface area contributed by atoms with Gasteiger partial charge in [-0.25, -0.2) is 0 Å². The van der Waals surface area contributed by atoms with Crippen LogP contribution in [0.4, 0.5) is 0 Å². The first-order chi connectivity index (χ1) is 14.8. The Labute approximate surface area is 200 Å². The zero-order valence-corrected chi connectivity index (χ0v) is 21.7. The summed E-state index contributed by atoms with van der Waals surface area (Å²) in [5.41, 5.74) is 4.30. The van der Waals surface area contributed by atoms with Crippen molar-refractivity contribution in [1.82, 2.24) is 10.6 Å². The molecule has 0 spiro atoms. The number of nitrogens with one attached hydrogen (secondary N) is 2. The molecule has 0 aromatic rings. The minimum Gasteiger partial charge on any atom is -0.466 e. The van der Waals surface area contributed by atoms with E-state index >= 15 is 0 Å². The van der Waals surface area contributed by atoms with Crippen LogP contribution in [0.25, 0.3) is 0 Å². The first-order valence-corrected chi connectivity index (χ1v) is 12.7. The van der Waals surface area contributed by atoms with Gasteiger partial charge >= 0.3 is 5.97 Å². The predicted octanol–water partition coefficient (Wildman–Crippen LogP) is 6.11. The third-order valence-electron chi connectivity index (χ3n) is 4.49. The maximum atomic E-state index is 11.3. The minimum atomic E-state index is -0.217. The Bertz CT molecular complexity index is 635. The average molecular weight is 467 g/mol. The molecule has 0 saturated heterocycles.